The first-order chi connectivity index (χ1) is 7.28. The van der Waals surface area contributed by atoms with E-state index in [-0.39, 0.29) is 0 Å². The number of benzene rings is 1. The molecule has 1 heterocycles. The Hall–Kier alpha value is -0.510. The van der Waals surface area contributed by atoms with Gasteiger partial charge in [0.15, 0.2) is 0 Å². The SMILES string of the molecule is CSc1ccc(CN2CC[C@H](N)C2)cc1. The van der Waals surface area contributed by atoms with Crippen LogP contribution in [0.15, 0.2) is 29.2 Å². The highest BCUT2D eigenvalue weighted by Gasteiger charge is 2.18. The van der Waals surface area contributed by atoms with Gasteiger partial charge in [-0.15, -0.1) is 11.8 Å². The Balaban J connectivity index is 1.93. The largest absolute Gasteiger partial charge is 0.326 e. The lowest BCUT2D eigenvalue weighted by atomic mass is 10.2. The molecule has 1 aromatic rings. The zero-order chi connectivity index (χ0) is 10.7. The summed E-state index contributed by atoms with van der Waals surface area (Å²) in [6, 6.07) is 9.20. The molecule has 1 fully saturated rings. The van der Waals surface area contributed by atoms with Gasteiger partial charge in [0.1, 0.15) is 0 Å². The normalized spacial score (nSPS) is 22.1. The Morgan fingerprint density at radius 3 is 2.67 bits per heavy atom. The Morgan fingerprint density at radius 1 is 1.40 bits per heavy atom. The van der Waals surface area contributed by atoms with Crippen molar-refractivity contribution in [2.45, 2.75) is 23.9 Å². The predicted octanol–water partition coefficient (Wildman–Crippen LogP) is 1.94. The summed E-state index contributed by atoms with van der Waals surface area (Å²) in [5.41, 5.74) is 7.27. The molecule has 2 nitrogen and oxygen atoms in total. The van der Waals surface area contributed by atoms with Crippen molar-refractivity contribution >= 4 is 11.8 Å². The van der Waals surface area contributed by atoms with E-state index < -0.39 is 0 Å². The van der Waals surface area contributed by atoms with Gasteiger partial charge in [-0.1, -0.05) is 12.1 Å². The highest BCUT2D eigenvalue weighted by atomic mass is 32.2. The van der Waals surface area contributed by atoms with E-state index in [1.165, 1.54) is 10.5 Å². The minimum Gasteiger partial charge on any atom is -0.326 e. The number of hydrogen-bond donors (Lipinski definition) is 1. The molecule has 1 atom stereocenters. The topological polar surface area (TPSA) is 29.3 Å². The number of nitrogens with zero attached hydrogens (tertiary/aromatic N) is 1. The molecule has 0 amide bonds. The number of hydrogen-bond acceptors (Lipinski definition) is 3. The number of rotatable bonds is 3. The van der Waals surface area contributed by atoms with Gasteiger partial charge in [-0.05, 0) is 30.4 Å². The molecule has 0 spiro atoms. The third-order valence-electron chi connectivity index (χ3n) is 2.87. The molecule has 0 saturated carbocycles. The van der Waals surface area contributed by atoms with Crippen LogP contribution in [-0.4, -0.2) is 30.3 Å². The van der Waals surface area contributed by atoms with Gasteiger partial charge < -0.3 is 5.73 Å². The third kappa shape index (κ3) is 2.97. The summed E-state index contributed by atoms with van der Waals surface area (Å²) in [6.45, 7) is 3.23. The molecule has 0 bridgehead atoms. The standard InChI is InChI=1S/C12H18N2S/c1-15-12-4-2-10(3-5-12)8-14-7-6-11(13)9-14/h2-5,11H,6-9,13H2,1H3/t11-/m0/s1. The van der Waals surface area contributed by atoms with E-state index in [0.29, 0.717) is 6.04 Å². The van der Waals surface area contributed by atoms with Crippen molar-refractivity contribution in [3.05, 3.63) is 29.8 Å². The summed E-state index contributed by atoms with van der Waals surface area (Å²) in [5.74, 6) is 0. The van der Waals surface area contributed by atoms with Gasteiger partial charge in [-0.3, -0.25) is 4.90 Å². The van der Waals surface area contributed by atoms with Gasteiger partial charge in [-0.2, -0.15) is 0 Å². The fraction of sp³-hybridized carbons (Fsp3) is 0.500. The molecule has 1 aliphatic rings. The molecule has 0 aliphatic carbocycles. The second kappa shape index (κ2) is 5.01. The summed E-state index contributed by atoms with van der Waals surface area (Å²) in [7, 11) is 0. The molecule has 3 heteroatoms. The van der Waals surface area contributed by atoms with E-state index in [1.54, 1.807) is 11.8 Å². The van der Waals surface area contributed by atoms with Crippen LogP contribution in [0.2, 0.25) is 0 Å². The first-order valence-corrected chi connectivity index (χ1v) is 6.61. The molecule has 15 heavy (non-hydrogen) atoms. The Morgan fingerprint density at radius 2 is 2.13 bits per heavy atom. The van der Waals surface area contributed by atoms with Crippen LogP contribution in [0.5, 0.6) is 0 Å². The first-order valence-electron chi connectivity index (χ1n) is 5.39. The van der Waals surface area contributed by atoms with Gasteiger partial charge in [0.2, 0.25) is 0 Å². The van der Waals surface area contributed by atoms with Crippen LogP contribution in [0.4, 0.5) is 0 Å². The van der Waals surface area contributed by atoms with Crippen LogP contribution in [0.3, 0.4) is 0 Å². The molecular weight excluding hydrogens is 204 g/mol. The molecule has 0 aromatic heterocycles. The summed E-state index contributed by atoms with van der Waals surface area (Å²) < 4.78 is 0. The van der Waals surface area contributed by atoms with Gasteiger partial charge in [0.25, 0.3) is 0 Å². The zero-order valence-electron chi connectivity index (χ0n) is 9.15. The number of likely N-dealkylation sites (tertiary alicyclic amines) is 1. The van der Waals surface area contributed by atoms with Crippen LogP contribution in [0, 0.1) is 0 Å². The minimum atomic E-state index is 0.385. The maximum atomic E-state index is 5.88. The summed E-state index contributed by atoms with van der Waals surface area (Å²) in [4.78, 5) is 3.76. The van der Waals surface area contributed by atoms with Crippen molar-refractivity contribution in [2.24, 2.45) is 5.73 Å². The number of thioether (sulfide) groups is 1. The van der Waals surface area contributed by atoms with Crippen molar-refractivity contribution in [1.82, 2.24) is 4.90 Å². The number of nitrogens with two attached hydrogens (primary N) is 1. The third-order valence-corrected chi connectivity index (χ3v) is 3.62. The molecule has 1 aromatic carbocycles. The van der Waals surface area contributed by atoms with Crippen LogP contribution in [-0.2, 0) is 6.54 Å². The molecule has 0 radical (unpaired) electrons. The van der Waals surface area contributed by atoms with E-state index in [9.17, 15) is 0 Å². The summed E-state index contributed by atoms with van der Waals surface area (Å²) in [6.07, 6.45) is 3.25. The van der Waals surface area contributed by atoms with Crippen molar-refractivity contribution in [1.29, 1.82) is 0 Å². The fourth-order valence-corrected chi connectivity index (χ4v) is 2.40. The van der Waals surface area contributed by atoms with Gasteiger partial charge >= 0.3 is 0 Å². The van der Waals surface area contributed by atoms with E-state index in [1.807, 2.05) is 0 Å². The lowest BCUT2D eigenvalue weighted by molar-refractivity contribution is 0.327. The Labute approximate surface area is 95.8 Å². The lowest BCUT2D eigenvalue weighted by Gasteiger charge is -2.15. The first kappa shape index (κ1) is 11.0. The van der Waals surface area contributed by atoms with Gasteiger partial charge in [0.05, 0.1) is 0 Å². The second-order valence-corrected chi connectivity index (χ2v) is 5.01. The van der Waals surface area contributed by atoms with Crippen LogP contribution in [0.25, 0.3) is 0 Å². The van der Waals surface area contributed by atoms with Crippen molar-refractivity contribution in [3.8, 4) is 0 Å². The maximum Gasteiger partial charge on any atom is 0.0234 e. The zero-order valence-corrected chi connectivity index (χ0v) is 9.96. The summed E-state index contributed by atoms with van der Waals surface area (Å²) >= 11 is 1.79. The highest BCUT2D eigenvalue weighted by molar-refractivity contribution is 7.98. The molecule has 1 aliphatic heterocycles. The molecule has 2 rings (SSSR count). The van der Waals surface area contributed by atoms with Gasteiger partial charge in [0, 0.05) is 30.6 Å². The monoisotopic (exact) mass is 222 g/mol. The smallest absolute Gasteiger partial charge is 0.0234 e. The highest BCUT2D eigenvalue weighted by Crippen LogP contribution is 2.17. The Kier molecular flexibility index (Phi) is 3.67. The predicted molar refractivity (Wildman–Crippen MR) is 66.1 cm³/mol. The quantitative estimate of drug-likeness (QED) is 0.793. The van der Waals surface area contributed by atoms with Crippen LogP contribution >= 0.6 is 11.8 Å². The minimum absolute atomic E-state index is 0.385. The molecule has 82 valence electrons. The van der Waals surface area contributed by atoms with Crippen molar-refractivity contribution in [3.63, 3.8) is 0 Å². The molecule has 0 unspecified atom stereocenters. The van der Waals surface area contributed by atoms with E-state index in [0.717, 1.165) is 26.1 Å². The summed E-state index contributed by atoms with van der Waals surface area (Å²) in [5, 5.41) is 0. The fourth-order valence-electron chi connectivity index (χ4n) is 2.00. The van der Waals surface area contributed by atoms with E-state index in [4.69, 9.17) is 5.73 Å². The maximum absolute atomic E-state index is 5.88. The van der Waals surface area contributed by atoms with Gasteiger partial charge in [-0.25, -0.2) is 0 Å². The molecule has 1 saturated heterocycles. The molecular formula is C12H18N2S. The molecule has 2 N–H and O–H groups in total. The average molecular weight is 222 g/mol. The van der Waals surface area contributed by atoms with Crippen molar-refractivity contribution < 1.29 is 0 Å². The van der Waals surface area contributed by atoms with E-state index >= 15 is 0 Å². The van der Waals surface area contributed by atoms with Crippen LogP contribution < -0.4 is 5.73 Å². The van der Waals surface area contributed by atoms with E-state index in [2.05, 4.69) is 35.4 Å². The average Bonchev–Trinajstić information content (AvgIpc) is 2.65. The van der Waals surface area contributed by atoms with Crippen molar-refractivity contribution in [2.75, 3.05) is 19.3 Å². The Bertz CT molecular complexity index is 310. The lowest BCUT2D eigenvalue weighted by Crippen LogP contribution is -2.26. The van der Waals surface area contributed by atoms with Crippen LogP contribution in [0.1, 0.15) is 12.0 Å². The second-order valence-electron chi connectivity index (χ2n) is 4.13.